The highest BCUT2D eigenvalue weighted by atomic mass is 16.1. The van der Waals surface area contributed by atoms with Gasteiger partial charge in [-0.2, -0.15) is 0 Å². The number of hydrogen-bond donors (Lipinski definition) is 3. The number of nitrogens with zero attached hydrogens (tertiary/aromatic N) is 2. The van der Waals surface area contributed by atoms with Crippen LogP contribution in [0, 0.1) is 0 Å². The van der Waals surface area contributed by atoms with Gasteiger partial charge in [-0.1, -0.05) is 18.2 Å². The van der Waals surface area contributed by atoms with E-state index in [4.69, 9.17) is 5.73 Å². The molecule has 1 aliphatic heterocycles. The third kappa shape index (κ3) is 2.53. The van der Waals surface area contributed by atoms with Crippen LogP contribution in [0.1, 0.15) is 15.9 Å². The smallest absolute Gasteiger partial charge is 0.251 e. The van der Waals surface area contributed by atoms with E-state index in [9.17, 15) is 4.79 Å². The molecule has 0 fully saturated rings. The first-order chi connectivity index (χ1) is 13.6. The van der Waals surface area contributed by atoms with E-state index in [-0.39, 0.29) is 5.91 Å². The van der Waals surface area contributed by atoms with Gasteiger partial charge in [0.1, 0.15) is 5.82 Å². The minimum atomic E-state index is -0.0149. The zero-order valence-corrected chi connectivity index (χ0v) is 15.5. The fraction of sp³-hybridized carbons (Fsp3) is 0.136. The Morgan fingerprint density at radius 2 is 1.96 bits per heavy atom. The van der Waals surface area contributed by atoms with Gasteiger partial charge in [-0.3, -0.25) is 4.79 Å². The largest absolute Gasteiger partial charge is 0.383 e. The first-order valence-electron chi connectivity index (χ1n) is 9.25. The van der Waals surface area contributed by atoms with Crippen LogP contribution in [0.3, 0.4) is 0 Å². The minimum absolute atomic E-state index is 0.0149. The van der Waals surface area contributed by atoms with Crippen molar-refractivity contribution in [3.63, 3.8) is 0 Å². The fourth-order valence-electron chi connectivity index (χ4n) is 3.91. The van der Waals surface area contributed by atoms with Crippen molar-refractivity contribution in [1.29, 1.82) is 0 Å². The molecule has 6 heteroatoms. The van der Waals surface area contributed by atoms with E-state index in [1.807, 2.05) is 31.6 Å². The molecule has 28 heavy (non-hydrogen) atoms. The topological polar surface area (TPSA) is 87.7 Å². The molecule has 0 saturated carbocycles. The summed E-state index contributed by atoms with van der Waals surface area (Å²) in [5.41, 5.74) is 14.1. The second kappa shape index (κ2) is 6.20. The van der Waals surface area contributed by atoms with E-state index in [0.717, 1.165) is 50.8 Å². The molecule has 0 radical (unpaired) electrons. The summed E-state index contributed by atoms with van der Waals surface area (Å²) < 4.78 is 2.05. The summed E-state index contributed by atoms with van der Waals surface area (Å²) in [6.45, 7) is 0.662. The van der Waals surface area contributed by atoms with Gasteiger partial charge in [-0.15, -0.1) is 0 Å². The lowest BCUT2D eigenvalue weighted by Crippen LogP contribution is -2.31. The molecule has 2 aromatic carbocycles. The Kier molecular flexibility index (Phi) is 3.65. The number of anilines is 1. The van der Waals surface area contributed by atoms with Gasteiger partial charge < -0.3 is 11.1 Å². The highest BCUT2D eigenvalue weighted by Crippen LogP contribution is 2.33. The maximum atomic E-state index is 12.0. The standard InChI is InChI=1S/C22H19N5O/c1-27-12-26-20-16(3-2-4-19(20)27)15-10-18(21(23)25-11-15)13-5-6-17-14(9-13)7-8-24-22(17)28/h2-6,9-12H,7-8H2,1H3,(H3,23,24,25,28)/p+1. The number of imidazole rings is 1. The number of H-pyrrole nitrogens is 1. The van der Waals surface area contributed by atoms with Crippen LogP contribution in [0.2, 0.25) is 0 Å². The number of carbonyl (C=O) groups is 1. The molecule has 2 aromatic heterocycles. The molecule has 4 aromatic rings. The molecule has 4 N–H and O–H groups in total. The average Bonchev–Trinajstić information content (AvgIpc) is 3.10. The molecule has 6 nitrogen and oxygen atoms in total. The molecular formula is C22H20N5O+. The highest BCUT2D eigenvalue weighted by Gasteiger charge is 2.19. The maximum Gasteiger partial charge on any atom is 0.251 e. The number of hydrogen-bond acceptors (Lipinski definition) is 3. The Morgan fingerprint density at radius 3 is 2.86 bits per heavy atom. The van der Waals surface area contributed by atoms with E-state index >= 15 is 0 Å². The van der Waals surface area contributed by atoms with Gasteiger partial charge in [0.15, 0.2) is 11.0 Å². The van der Waals surface area contributed by atoms with E-state index < -0.39 is 0 Å². The van der Waals surface area contributed by atoms with Crippen molar-refractivity contribution >= 4 is 22.8 Å². The summed E-state index contributed by atoms with van der Waals surface area (Å²) in [7, 11) is 2.01. The van der Waals surface area contributed by atoms with Gasteiger partial charge in [-0.25, -0.2) is 14.5 Å². The Morgan fingerprint density at radius 1 is 1.07 bits per heavy atom. The van der Waals surface area contributed by atoms with Crippen molar-refractivity contribution in [3.05, 3.63) is 66.1 Å². The Balaban J connectivity index is 1.65. The zero-order valence-electron chi connectivity index (χ0n) is 15.5. The van der Waals surface area contributed by atoms with Gasteiger partial charge in [0.05, 0.1) is 7.05 Å². The molecule has 1 amide bonds. The lowest BCUT2D eigenvalue weighted by Gasteiger charge is -2.17. The third-order valence-corrected chi connectivity index (χ3v) is 5.40. The summed E-state index contributed by atoms with van der Waals surface area (Å²) in [5, 5.41) is 2.88. The summed E-state index contributed by atoms with van der Waals surface area (Å²) in [6, 6.07) is 14.1. The number of pyridine rings is 1. The Labute approximate surface area is 162 Å². The van der Waals surface area contributed by atoms with Crippen molar-refractivity contribution in [2.45, 2.75) is 6.42 Å². The van der Waals surface area contributed by atoms with Gasteiger partial charge >= 0.3 is 0 Å². The van der Waals surface area contributed by atoms with Crippen LogP contribution in [0.4, 0.5) is 5.82 Å². The number of benzene rings is 2. The van der Waals surface area contributed by atoms with Crippen LogP contribution < -0.4 is 15.6 Å². The number of aromatic amines is 1. The molecule has 0 saturated heterocycles. The van der Waals surface area contributed by atoms with Crippen molar-refractivity contribution in [2.75, 3.05) is 12.3 Å². The van der Waals surface area contributed by atoms with Crippen molar-refractivity contribution in [2.24, 2.45) is 7.05 Å². The molecule has 0 unspecified atom stereocenters. The predicted molar refractivity (Wildman–Crippen MR) is 109 cm³/mol. The zero-order chi connectivity index (χ0) is 19.3. The quantitative estimate of drug-likeness (QED) is 0.474. The van der Waals surface area contributed by atoms with E-state index in [2.05, 4.69) is 44.1 Å². The number of aryl methyl sites for hydroxylation is 1. The summed E-state index contributed by atoms with van der Waals surface area (Å²) in [4.78, 5) is 19.8. The molecule has 3 heterocycles. The number of rotatable bonds is 2. The monoisotopic (exact) mass is 370 g/mol. The van der Waals surface area contributed by atoms with Crippen molar-refractivity contribution < 1.29 is 9.36 Å². The molecule has 0 bridgehead atoms. The number of nitrogen functional groups attached to an aromatic ring is 1. The average molecular weight is 370 g/mol. The number of amides is 1. The number of nitrogens with one attached hydrogen (secondary N) is 2. The first kappa shape index (κ1) is 16.5. The van der Waals surface area contributed by atoms with Gasteiger partial charge in [-0.05, 0) is 41.8 Å². The number of carbonyl (C=O) groups excluding carboxylic acids is 1. The van der Waals surface area contributed by atoms with E-state index in [1.54, 1.807) is 6.20 Å². The first-order valence-corrected chi connectivity index (χ1v) is 9.25. The second-order valence-electron chi connectivity index (χ2n) is 7.12. The summed E-state index contributed by atoms with van der Waals surface area (Å²) >= 11 is 0. The number of aromatic nitrogens is 3. The minimum Gasteiger partial charge on any atom is -0.383 e. The predicted octanol–water partition coefficient (Wildman–Crippen LogP) is 2.59. The molecular weight excluding hydrogens is 350 g/mol. The number of nitrogens with two attached hydrogens (primary N) is 1. The number of para-hydroxylation sites is 1. The lowest BCUT2D eigenvalue weighted by molar-refractivity contribution is -0.644. The lowest BCUT2D eigenvalue weighted by atomic mass is 9.94. The molecule has 5 rings (SSSR count). The van der Waals surface area contributed by atoms with Gasteiger partial charge in [0.25, 0.3) is 5.91 Å². The normalized spacial score (nSPS) is 13.4. The second-order valence-corrected chi connectivity index (χ2v) is 7.12. The maximum absolute atomic E-state index is 12.0. The van der Waals surface area contributed by atoms with Crippen LogP contribution in [0.15, 0.2) is 55.0 Å². The van der Waals surface area contributed by atoms with Gasteiger partial charge in [0, 0.05) is 35.0 Å². The molecule has 138 valence electrons. The van der Waals surface area contributed by atoms with E-state index in [1.165, 1.54) is 0 Å². The van der Waals surface area contributed by atoms with Crippen LogP contribution in [-0.4, -0.2) is 22.4 Å². The van der Waals surface area contributed by atoms with E-state index in [0.29, 0.717) is 12.4 Å². The van der Waals surface area contributed by atoms with Crippen LogP contribution in [0.25, 0.3) is 33.3 Å². The van der Waals surface area contributed by atoms with Crippen molar-refractivity contribution in [3.8, 4) is 22.3 Å². The van der Waals surface area contributed by atoms with Crippen LogP contribution in [-0.2, 0) is 13.5 Å². The Bertz CT molecular complexity index is 1240. The van der Waals surface area contributed by atoms with Crippen LogP contribution in [0.5, 0.6) is 0 Å². The highest BCUT2D eigenvalue weighted by molar-refractivity contribution is 5.98. The molecule has 0 spiro atoms. The molecule has 0 aliphatic carbocycles. The fourth-order valence-corrected chi connectivity index (χ4v) is 3.91. The third-order valence-electron chi connectivity index (χ3n) is 5.40. The Hall–Kier alpha value is -3.67. The van der Waals surface area contributed by atoms with Crippen LogP contribution >= 0.6 is 0 Å². The summed E-state index contributed by atoms with van der Waals surface area (Å²) in [5.74, 6) is 0.465. The summed E-state index contributed by atoms with van der Waals surface area (Å²) in [6.07, 6.45) is 4.56. The SMILES string of the molecule is C[n+]1c[nH]c2c(-c3cnc(N)c(-c4ccc5c(c4)CCNC5=O)c3)cccc21. The molecule has 0 atom stereocenters. The molecule has 1 aliphatic rings. The van der Waals surface area contributed by atoms with Gasteiger partial charge in [0.2, 0.25) is 6.33 Å². The van der Waals surface area contributed by atoms with Crippen molar-refractivity contribution in [1.82, 2.24) is 15.3 Å². The number of fused-ring (bicyclic) bond motifs is 2.